The van der Waals surface area contributed by atoms with E-state index in [1.165, 1.54) is 11.8 Å². The highest BCUT2D eigenvalue weighted by Crippen LogP contribution is 2.38. The first kappa shape index (κ1) is 16.9. The van der Waals surface area contributed by atoms with Gasteiger partial charge in [-0.05, 0) is 42.5 Å². The summed E-state index contributed by atoms with van der Waals surface area (Å²) >= 11 is 4.78. The van der Waals surface area contributed by atoms with Gasteiger partial charge in [0.2, 0.25) is 11.8 Å². The predicted molar refractivity (Wildman–Crippen MR) is 98.7 cm³/mol. The zero-order chi connectivity index (χ0) is 17.1. The molecule has 0 bridgehead atoms. The van der Waals surface area contributed by atoms with Crippen molar-refractivity contribution in [1.29, 1.82) is 0 Å². The lowest BCUT2D eigenvalue weighted by atomic mass is 10.2. The molecule has 1 aliphatic heterocycles. The van der Waals surface area contributed by atoms with Gasteiger partial charge in [-0.15, -0.1) is 11.8 Å². The summed E-state index contributed by atoms with van der Waals surface area (Å²) in [6, 6.07) is 12.8. The number of carbonyl (C=O) groups excluding carboxylic acids is 2. The van der Waals surface area contributed by atoms with E-state index in [2.05, 4.69) is 26.6 Å². The Balaban J connectivity index is 1.63. The van der Waals surface area contributed by atoms with E-state index in [-0.39, 0.29) is 18.2 Å². The van der Waals surface area contributed by atoms with Crippen molar-refractivity contribution in [2.45, 2.75) is 16.6 Å². The van der Waals surface area contributed by atoms with Crippen molar-refractivity contribution in [3.8, 4) is 5.75 Å². The number of carbonyl (C=O) groups is 2. The molecule has 0 aliphatic carbocycles. The number of ether oxygens (including phenoxy) is 1. The summed E-state index contributed by atoms with van der Waals surface area (Å²) in [7, 11) is 1.59. The van der Waals surface area contributed by atoms with Gasteiger partial charge in [-0.2, -0.15) is 0 Å². The van der Waals surface area contributed by atoms with Crippen molar-refractivity contribution in [2.24, 2.45) is 0 Å². The van der Waals surface area contributed by atoms with Crippen LogP contribution in [-0.4, -0.2) is 24.2 Å². The molecule has 1 unspecified atom stereocenters. The fourth-order valence-corrected chi connectivity index (χ4v) is 3.76. The Morgan fingerprint density at radius 3 is 2.75 bits per heavy atom. The molecule has 1 aliphatic rings. The first-order chi connectivity index (χ1) is 11.5. The zero-order valence-corrected chi connectivity index (χ0v) is 15.2. The van der Waals surface area contributed by atoms with Crippen molar-refractivity contribution < 1.29 is 14.3 Å². The van der Waals surface area contributed by atoms with Gasteiger partial charge >= 0.3 is 0 Å². The van der Waals surface area contributed by atoms with E-state index in [4.69, 9.17) is 4.74 Å². The zero-order valence-electron chi connectivity index (χ0n) is 12.8. The Labute approximate surface area is 152 Å². The number of anilines is 2. The van der Waals surface area contributed by atoms with Crippen molar-refractivity contribution in [1.82, 2.24) is 0 Å². The summed E-state index contributed by atoms with van der Waals surface area (Å²) in [6.07, 6.45) is 0.109. The highest BCUT2D eigenvalue weighted by molar-refractivity contribution is 9.10. The Hall–Kier alpha value is -1.99. The molecule has 0 aromatic heterocycles. The fraction of sp³-hybridized carbons (Fsp3) is 0.176. The molecule has 0 spiro atoms. The number of nitrogens with one attached hydrogen (secondary N) is 2. The summed E-state index contributed by atoms with van der Waals surface area (Å²) < 4.78 is 5.98. The lowest BCUT2D eigenvalue weighted by molar-refractivity contribution is -0.120. The third kappa shape index (κ3) is 3.91. The molecule has 0 radical (unpaired) electrons. The van der Waals surface area contributed by atoms with E-state index in [1.54, 1.807) is 31.4 Å². The van der Waals surface area contributed by atoms with Crippen LogP contribution < -0.4 is 15.4 Å². The molecule has 1 atom stereocenters. The number of thioether (sulfide) groups is 1. The number of methoxy groups -OCH3 is 1. The number of benzene rings is 2. The van der Waals surface area contributed by atoms with Crippen molar-refractivity contribution in [2.75, 3.05) is 17.7 Å². The third-order valence-electron chi connectivity index (χ3n) is 3.51. The van der Waals surface area contributed by atoms with E-state index in [1.807, 2.05) is 18.2 Å². The summed E-state index contributed by atoms with van der Waals surface area (Å²) in [5, 5.41) is 5.20. The molecule has 124 valence electrons. The maximum Gasteiger partial charge on any atom is 0.238 e. The van der Waals surface area contributed by atoms with Gasteiger partial charge in [0.15, 0.2) is 0 Å². The van der Waals surface area contributed by atoms with Crippen LogP contribution in [0.4, 0.5) is 11.4 Å². The van der Waals surface area contributed by atoms with Crippen LogP contribution in [0.3, 0.4) is 0 Å². The molecule has 2 aromatic carbocycles. The summed E-state index contributed by atoms with van der Waals surface area (Å²) in [5.41, 5.74) is 1.44. The molecule has 24 heavy (non-hydrogen) atoms. The largest absolute Gasteiger partial charge is 0.497 e. The van der Waals surface area contributed by atoms with Gasteiger partial charge in [0, 0.05) is 21.5 Å². The number of halogens is 1. The van der Waals surface area contributed by atoms with Gasteiger partial charge in [-0.25, -0.2) is 0 Å². The molecule has 3 rings (SSSR count). The van der Waals surface area contributed by atoms with E-state index in [0.29, 0.717) is 5.69 Å². The average molecular weight is 407 g/mol. The number of hydrogen-bond donors (Lipinski definition) is 2. The summed E-state index contributed by atoms with van der Waals surface area (Å²) in [5.74, 6) is 0.363. The van der Waals surface area contributed by atoms with Crippen LogP contribution in [0.25, 0.3) is 0 Å². The minimum Gasteiger partial charge on any atom is -0.497 e. The van der Waals surface area contributed by atoms with Crippen LogP contribution in [0.2, 0.25) is 0 Å². The second-order valence-electron chi connectivity index (χ2n) is 5.22. The quantitative estimate of drug-likeness (QED) is 0.807. The van der Waals surface area contributed by atoms with Gasteiger partial charge in [-0.3, -0.25) is 9.59 Å². The van der Waals surface area contributed by atoms with Crippen LogP contribution in [0.15, 0.2) is 51.8 Å². The Morgan fingerprint density at radius 1 is 1.29 bits per heavy atom. The van der Waals surface area contributed by atoms with E-state index in [9.17, 15) is 9.59 Å². The van der Waals surface area contributed by atoms with Crippen molar-refractivity contribution in [3.05, 3.63) is 46.9 Å². The van der Waals surface area contributed by atoms with Gasteiger partial charge < -0.3 is 15.4 Å². The standard InChI is InChI=1S/C17H15BrN2O3S/c1-23-12-5-3-11(4-6-12)19-16(21)9-15-17(22)20-13-8-10(18)2-7-14(13)24-15/h2-8,15H,9H2,1H3,(H,19,21)(H,20,22). The van der Waals surface area contributed by atoms with Crippen LogP contribution >= 0.6 is 27.7 Å². The molecule has 5 nitrogen and oxygen atoms in total. The van der Waals surface area contributed by atoms with Gasteiger partial charge in [0.25, 0.3) is 0 Å². The Morgan fingerprint density at radius 2 is 2.04 bits per heavy atom. The molecule has 1 heterocycles. The lowest BCUT2D eigenvalue weighted by Crippen LogP contribution is -2.32. The first-order valence-corrected chi connectivity index (χ1v) is 8.93. The Kier molecular flexibility index (Phi) is 5.11. The maximum atomic E-state index is 12.2. The molecule has 0 saturated carbocycles. The number of rotatable bonds is 4. The molecule has 0 saturated heterocycles. The van der Waals surface area contributed by atoms with E-state index >= 15 is 0 Å². The van der Waals surface area contributed by atoms with Gasteiger partial charge in [0.05, 0.1) is 18.0 Å². The number of amides is 2. The smallest absolute Gasteiger partial charge is 0.238 e. The molecular formula is C17H15BrN2O3S. The highest BCUT2D eigenvalue weighted by Gasteiger charge is 2.29. The third-order valence-corrected chi connectivity index (χ3v) is 5.27. The summed E-state index contributed by atoms with van der Waals surface area (Å²) in [4.78, 5) is 25.4. The molecule has 0 fully saturated rings. The Bertz CT molecular complexity index is 780. The van der Waals surface area contributed by atoms with Crippen LogP contribution in [-0.2, 0) is 9.59 Å². The molecule has 7 heteroatoms. The van der Waals surface area contributed by atoms with Crippen LogP contribution in [0, 0.1) is 0 Å². The lowest BCUT2D eigenvalue weighted by Gasteiger charge is -2.23. The van der Waals surface area contributed by atoms with Crippen molar-refractivity contribution in [3.63, 3.8) is 0 Å². The normalized spacial score (nSPS) is 16.1. The number of fused-ring (bicyclic) bond motifs is 1. The fourth-order valence-electron chi connectivity index (χ4n) is 2.31. The second-order valence-corrected chi connectivity index (χ2v) is 7.38. The topological polar surface area (TPSA) is 67.4 Å². The monoisotopic (exact) mass is 406 g/mol. The average Bonchev–Trinajstić information content (AvgIpc) is 2.56. The molecule has 2 aromatic rings. The summed E-state index contributed by atoms with van der Waals surface area (Å²) in [6.45, 7) is 0. The maximum absolute atomic E-state index is 12.2. The van der Waals surface area contributed by atoms with Crippen LogP contribution in [0.1, 0.15) is 6.42 Å². The molecule has 2 N–H and O–H groups in total. The first-order valence-electron chi connectivity index (χ1n) is 7.26. The van der Waals surface area contributed by atoms with E-state index in [0.717, 1.165) is 20.8 Å². The number of hydrogen-bond acceptors (Lipinski definition) is 4. The molecular weight excluding hydrogens is 392 g/mol. The van der Waals surface area contributed by atoms with Gasteiger partial charge in [0.1, 0.15) is 5.75 Å². The predicted octanol–water partition coefficient (Wildman–Crippen LogP) is 3.90. The molecule has 2 amide bonds. The van der Waals surface area contributed by atoms with E-state index < -0.39 is 5.25 Å². The minimum atomic E-state index is -0.447. The van der Waals surface area contributed by atoms with Crippen molar-refractivity contribution >= 4 is 50.9 Å². The van der Waals surface area contributed by atoms with Crippen LogP contribution in [0.5, 0.6) is 5.75 Å². The second kappa shape index (κ2) is 7.27. The van der Waals surface area contributed by atoms with Gasteiger partial charge in [-0.1, -0.05) is 15.9 Å². The highest BCUT2D eigenvalue weighted by atomic mass is 79.9. The minimum absolute atomic E-state index is 0.109. The SMILES string of the molecule is COc1ccc(NC(=O)CC2Sc3ccc(Br)cc3NC2=O)cc1.